The first-order valence-corrected chi connectivity index (χ1v) is 6.23. The molecule has 1 aromatic rings. The third-order valence-electron chi connectivity index (χ3n) is 2.50. The van der Waals surface area contributed by atoms with E-state index in [1.54, 1.807) is 18.2 Å². The minimum Gasteiger partial charge on any atom is -0.298 e. The number of ketones is 1. The summed E-state index contributed by atoms with van der Waals surface area (Å²) in [4.78, 5) is 11.9. The van der Waals surface area contributed by atoms with Gasteiger partial charge in [0.2, 0.25) is 0 Å². The Morgan fingerprint density at radius 1 is 1.47 bits per heavy atom. The summed E-state index contributed by atoms with van der Waals surface area (Å²) in [5.74, 6) is -0.870. The highest BCUT2D eigenvalue weighted by Crippen LogP contribution is 2.28. The average Bonchev–Trinajstić information content (AvgIpc) is 2.30. The van der Waals surface area contributed by atoms with Gasteiger partial charge in [-0.1, -0.05) is 42.6 Å². The Balaban J connectivity index is 2.94. The van der Waals surface area contributed by atoms with E-state index in [0.717, 1.165) is 12.8 Å². The zero-order valence-electron chi connectivity index (χ0n) is 9.54. The minimum atomic E-state index is -0.786. The van der Waals surface area contributed by atoms with Gasteiger partial charge in [0.25, 0.3) is 0 Å². The predicted molar refractivity (Wildman–Crippen MR) is 69.3 cm³/mol. The van der Waals surface area contributed by atoms with Crippen LogP contribution in [0, 0.1) is 11.3 Å². The van der Waals surface area contributed by atoms with Crippen LogP contribution in [-0.2, 0) is 4.79 Å². The molecule has 1 aromatic carbocycles. The molecule has 0 aliphatic heterocycles. The molecule has 17 heavy (non-hydrogen) atoms. The van der Waals surface area contributed by atoms with Gasteiger partial charge in [0, 0.05) is 16.5 Å². The summed E-state index contributed by atoms with van der Waals surface area (Å²) in [5.41, 5.74) is 0.541. The van der Waals surface area contributed by atoms with Gasteiger partial charge in [0.15, 0.2) is 5.78 Å². The lowest BCUT2D eigenvalue weighted by Crippen LogP contribution is -2.11. The molecule has 90 valence electrons. The molecule has 2 nitrogen and oxygen atoms in total. The lowest BCUT2D eigenvalue weighted by molar-refractivity contribution is -0.119. The Labute approximate surface area is 111 Å². The van der Waals surface area contributed by atoms with Gasteiger partial charge in [-0.15, -0.1) is 0 Å². The fraction of sp³-hybridized carbons (Fsp3) is 0.385. The molecule has 0 heterocycles. The molecule has 0 saturated carbocycles. The van der Waals surface area contributed by atoms with Gasteiger partial charge in [0.05, 0.1) is 6.07 Å². The van der Waals surface area contributed by atoms with Gasteiger partial charge < -0.3 is 0 Å². The van der Waals surface area contributed by atoms with Crippen LogP contribution >= 0.6 is 23.2 Å². The molecule has 0 saturated heterocycles. The molecule has 4 heteroatoms. The van der Waals surface area contributed by atoms with E-state index in [4.69, 9.17) is 28.5 Å². The lowest BCUT2D eigenvalue weighted by atomic mass is 9.93. The van der Waals surface area contributed by atoms with E-state index in [2.05, 4.69) is 0 Å². The second-order valence-corrected chi connectivity index (χ2v) is 4.64. The Bertz CT molecular complexity index is 451. The summed E-state index contributed by atoms with van der Waals surface area (Å²) >= 11 is 11.8. The molecule has 0 fully saturated rings. The van der Waals surface area contributed by atoms with Crippen molar-refractivity contribution in [3.63, 3.8) is 0 Å². The fourth-order valence-electron chi connectivity index (χ4n) is 1.55. The summed E-state index contributed by atoms with van der Waals surface area (Å²) in [7, 11) is 0. The molecular formula is C13H13Cl2NO. The van der Waals surface area contributed by atoms with E-state index in [-0.39, 0.29) is 5.78 Å². The molecule has 0 unspecified atom stereocenters. The first-order chi connectivity index (χ1) is 8.10. The number of halogens is 2. The van der Waals surface area contributed by atoms with Crippen molar-refractivity contribution >= 4 is 29.0 Å². The molecule has 1 rings (SSSR count). The Morgan fingerprint density at radius 2 is 2.18 bits per heavy atom. The van der Waals surface area contributed by atoms with Crippen molar-refractivity contribution in [2.24, 2.45) is 0 Å². The fourth-order valence-corrected chi connectivity index (χ4v) is 2.06. The van der Waals surface area contributed by atoms with Crippen LogP contribution in [0.15, 0.2) is 18.2 Å². The number of rotatable bonds is 5. The molecule has 0 aliphatic rings. The van der Waals surface area contributed by atoms with Gasteiger partial charge in [-0.2, -0.15) is 5.26 Å². The number of nitriles is 1. The number of benzene rings is 1. The Hall–Kier alpha value is -1.04. The third kappa shape index (κ3) is 3.73. The number of hydrogen-bond acceptors (Lipinski definition) is 2. The molecule has 0 bridgehead atoms. The number of Topliss-reactive ketones (excluding diaryl/α,β-unsaturated/α-hetero) is 1. The predicted octanol–water partition coefficient (Wildman–Crippen LogP) is 4.36. The Morgan fingerprint density at radius 3 is 2.71 bits per heavy atom. The van der Waals surface area contributed by atoms with Crippen molar-refractivity contribution in [2.45, 2.75) is 32.1 Å². The standard InChI is InChI=1S/C13H13Cl2NO/c1-2-3-4-13(17)11(8-16)10-6-5-9(14)7-12(10)15/h5-7,11H,2-4H2,1H3/t11-/m1/s1. The molecular weight excluding hydrogens is 257 g/mol. The van der Waals surface area contributed by atoms with Crippen molar-refractivity contribution in [1.29, 1.82) is 5.26 Å². The van der Waals surface area contributed by atoms with Crippen LogP contribution in [0.1, 0.15) is 37.7 Å². The number of unbranched alkanes of at least 4 members (excludes halogenated alkanes) is 1. The van der Waals surface area contributed by atoms with E-state index >= 15 is 0 Å². The maximum atomic E-state index is 11.9. The topological polar surface area (TPSA) is 40.9 Å². The molecule has 0 aromatic heterocycles. The highest BCUT2D eigenvalue weighted by atomic mass is 35.5. The maximum Gasteiger partial charge on any atom is 0.154 e. The molecule has 0 amide bonds. The normalized spacial score (nSPS) is 11.9. The van der Waals surface area contributed by atoms with Gasteiger partial charge >= 0.3 is 0 Å². The summed E-state index contributed by atoms with van der Waals surface area (Å²) in [6.45, 7) is 2.00. The number of hydrogen-bond donors (Lipinski definition) is 0. The van der Waals surface area contributed by atoms with Gasteiger partial charge in [-0.05, 0) is 24.1 Å². The van der Waals surface area contributed by atoms with Crippen LogP contribution in [0.2, 0.25) is 10.0 Å². The van der Waals surface area contributed by atoms with Crippen LogP contribution in [0.25, 0.3) is 0 Å². The summed E-state index contributed by atoms with van der Waals surface area (Å²) in [6.07, 6.45) is 2.13. The van der Waals surface area contributed by atoms with Crippen LogP contribution < -0.4 is 0 Å². The van der Waals surface area contributed by atoms with Crippen molar-refractivity contribution in [1.82, 2.24) is 0 Å². The van der Waals surface area contributed by atoms with Crippen molar-refractivity contribution < 1.29 is 4.79 Å². The molecule has 0 aliphatic carbocycles. The lowest BCUT2D eigenvalue weighted by Gasteiger charge is -2.10. The molecule has 1 atom stereocenters. The quantitative estimate of drug-likeness (QED) is 0.797. The molecule has 0 radical (unpaired) electrons. The minimum absolute atomic E-state index is 0.0847. The maximum absolute atomic E-state index is 11.9. The van der Waals surface area contributed by atoms with Crippen molar-refractivity contribution in [2.75, 3.05) is 0 Å². The van der Waals surface area contributed by atoms with Crippen LogP contribution in [0.4, 0.5) is 0 Å². The van der Waals surface area contributed by atoms with Crippen LogP contribution in [0.5, 0.6) is 0 Å². The van der Waals surface area contributed by atoms with E-state index in [9.17, 15) is 4.79 Å². The SMILES string of the molecule is CCCCC(=O)[C@H](C#N)c1ccc(Cl)cc1Cl. The van der Waals surface area contributed by atoms with Crippen LogP contribution in [0.3, 0.4) is 0 Å². The van der Waals surface area contributed by atoms with Crippen molar-refractivity contribution in [3.8, 4) is 6.07 Å². The van der Waals surface area contributed by atoms with E-state index in [1.165, 1.54) is 0 Å². The second-order valence-electron chi connectivity index (χ2n) is 3.80. The number of carbonyl (C=O) groups excluding carboxylic acids is 1. The first-order valence-electron chi connectivity index (χ1n) is 5.47. The van der Waals surface area contributed by atoms with Gasteiger partial charge in [0.1, 0.15) is 5.92 Å². The summed E-state index contributed by atoms with van der Waals surface area (Å²) in [5, 5.41) is 9.95. The molecule has 0 N–H and O–H groups in total. The van der Waals surface area contributed by atoms with E-state index in [0.29, 0.717) is 22.0 Å². The van der Waals surface area contributed by atoms with E-state index in [1.807, 2.05) is 13.0 Å². The highest BCUT2D eigenvalue weighted by molar-refractivity contribution is 6.35. The third-order valence-corrected chi connectivity index (χ3v) is 3.06. The van der Waals surface area contributed by atoms with E-state index < -0.39 is 5.92 Å². The van der Waals surface area contributed by atoms with Gasteiger partial charge in [-0.3, -0.25) is 4.79 Å². The second kappa shape index (κ2) is 6.64. The smallest absolute Gasteiger partial charge is 0.154 e. The van der Waals surface area contributed by atoms with Crippen LogP contribution in [-0.4, -0.2) is 5.78 Å². The summed E-state index contributed by atoms with van der Waals surface area (Å²) in [6, 6.07) is 6.84. The van der Waals surface area contributed by atoms with Crippen molar-refractivity contribution in [3.05, 3.63) is 33.8 Å². The summed E-state index contributed by atoms with van der Waals surface area (Å²) < 4.78 is 0. The average molecular weight is 270 g/mol. The number of nitrogens with zero attached hydrogens (tertiary/aromatic N) is 1. The highest BCUT2D eigenvalue weighted by Gasteiger charge is 2.21. The number of carbonyl (C=O) groups is 1. The zero-order valence-corrected chi connectivity index (χ0v) is 11.1. The monoisotopic (exact) mass is 269 g/mol. The largest absolute Gasteiger partial charge is 0.298 e. The Kier molecular flexibility index (Phi) is 5.47. The zero-order chi connectivity index (χ0) is 12.8. The first kappa shape index (κ1) is 14.0. The van der Waals surface area contributed by atoms with Gasteiger partial charge in [-0.25, -0.2) is 0 Å². The molecule has 0 spiro atoms.